The molecule has 1 aliphatic heterocycles. The number of hydrogen-bond donors (Lipinski definition) is 1. The van der Waals surface area contributed by atoms with Crippen molar-refractivity contribution in [1.82, 2.24) is 9.47 Å². The van der Waals surface area contributed by atoms with E-state index >= 15 is 0 Å². The molecular weight excluding hydrogens is 238 g/mol. The molecule has 2 fully saturated rings. The lowest BCUT2D eigenvalue weighted by molar-refractivity contribution is 0.0512. The van der Waals surface area contributed by atoms with Crippen LogP contribution >= 0.6 is 0 Å². The zero-order chi connectivity index (χ0) is 13.4. The number of nitrogens with two attached hydrogens (primary N) is 1. The third-order valence-electron chi connectivity index (χ3n) is 4.82. The fourth-order valence-corrected chi connectivity index (χ4v) is 3.75. The van der Waals surface area contributed by atoms with E-state index in [1.165, 1.54) is 32.1 Å². The average Bonchev–Trinajstić information content (AvgIpc) is 2.76. The van der Waals surface area contributed by atoms with E-state index in [1.807, 2.05) is 16.5 Å². The van der Waals surface area contributed by atoms with Gasteiger partial charge in [-0.3, -0.25) is 4.79 Å². The number of piperidine rings is 1. The van der Waals surface area contributed by atoms with Gasteiger partial charge in [0.2, 0.25) is 0 Å². The van der Waals surface area contributed by atoms with Crippen molar-refractivity contribution in [3.63, 3.8) is 0 Å². The summed E-state index contributed by atoms with van der Waals surface area (Å²) in [5, 5.41) is 0. The molecule has 0 aromatic carbocycles. The molecule has 1 aliphatic carbocycles. The van der Waals surface area contributed by atoms with Crippen LogP contribution in [0.1, 0.15) is 42.6 Å². The van der Waals surface area contributed by atoms with Crippen LogP contribution in [0, 0.1) is 11.8 Å². The minimum absolute atomic E-state index is 0.142. The highest BCUT2D eigenvalue weighted by Crippen LogP contribution is 2.36. The maximum atomic E-state index is 12.6. The Morgan fingerprint density at radius 2 is 2.00 bits per heavy atom. The summed E-state index contributed by atoms with van der Waals surface area (Å²) in [7, 11) is 1.89. The van der Waals surface area contributed by atoms with Gasteiger partial charge in [-0.05, 0) is 30.7 Å². The Hall–Kier alpha value is -1.45. The highest BCUT2D eigenvalue weighted by molar-refractivity contribution is 5.93. The third-order valence-corrected chi connectivity index (χ3v) is 4.82. The number of nitrogens with zero attached hydrogens (tertiary/aromatic N) is 2. The van der Waals surface area contributed by atoms with Gasteiger partial charge in [0.15, 0.2) is 0 Å². The summed E-state index contributed by atoms with van der Waals surface area (Å²) < 4.78 is 1.84. The fourth-order valence-electron chi connectivity index (χ4n) is 3.75. The van der Waals surface area contributed by atoms with Gasteiger partial charge in [0.25, 0.3) is 5.91 Å². The number of carbonyl (C=O) groups is 1. The molecule has 2 unspecified atom stereocenters. The van der Waals surface area contributed by atoms with Gasteiger partial charge in [-0.2, -0.15) is 0 Å². The quantitative estimate of drug-likeness (QED) is 0.843. The number of anilines is 1. The van der Waals surface area contributed by atoms with E-state index in [9.17, 15) is 4.79 Å². The van der Waals surface area contributed by atoms with Crippen LogP contribution < -0.4 is 5.73 Å². The molecule has 1 aromatic rings. The normalized spacial score (nSPS) is 27.1. The van der Waals surface area contributed by atoms with Gasteiger partial charge < -0.3 is 15.2 Å². The van der Waals surface area contributed by atoms with Crippen LogP contribution in [0.3, 0.4) is 0 Å². The van der Waals surface area contributed by atoms with Crippen LogP contribution in [0.4, 0.5) is 5.69 Å². The van der Waals surface area contributed by atoms with Gasteiger partial charge in [-0.15, -0.1) is 0 Å². The molecule has 0 bridgehead atoms. The Morgan fingerprint density at radius 3 is 2.68 bits per heavy atom. The molecule has 2 N–H and O–H groups in total. The minimum Gasteiger partial charge on any atom is -0.397 e. The molecule has 19 heavy (non-hydrogen) atoms. The Kier molecular flexibility index (Phi) is 3.25. The molecule has 104 valence electrons. The number of amides is 1. The Balaban J connectivity index is 1.72. The van der Waals surface area contributed by atoms with E-state index in [0.29, 0.717) is 11.4 Å². The summed E-state index contributed by atoms with van der Waals surface area (Å²) >= 11 is 0. The summed E-state index contributed by atoms with van der Waals surface area (Å²) in [5.74, 6) is 1.73. The lowest BCUT2D eigenvalue weighted by Crippen LogP contribution is -2.45. The second-order valence-corrected chi connectivity index (χ2v) is 6.11. The van der Waals surface area contributed by atoms with E-state index in [0.717, 1.165) is 24.9 Å². The van der Waals surface area contributed by atoms with Crippen LogP contribution in [0.2, 0.25) is 0 Å². The summed E-state index contributed by atoms with van der Waals surface area (Å²) in [6.45, 7) is 1.85. The van der Waals surface area contributed by atoms with Gasteiger partial charge in [-0.1, -0.05) is 19.3 Å². The lowest BCUT2D eigenvalue weighted by atomic mass is 9.75. The monoisotopic (exact) mass is 261 g/mol. The molecule has 1 aromatic heterocycles. The first-order valence-corrected chi connectivity index (χ1v) is 7.36. The van der Waals surface area contributed by atoms with E-state index < -0.39 is 0 Å². The van der Waals surface area contributed by atoms with E-state index in [2.05, 4.69) is 0 Å². The zero-order valence-corrected chi connectivity index (χ0v) is 11.6. The van der Waals surface area contributed by atoms with Gasteiger partial charge in [0, 0.05) is 26.3 Å². The highest BCUT2D eigenvalue weighted by atomic mass is 16.2. The van der Waals surface area contributed by atoms with Crippen LogP contribution in [0.5, 0.6) is 0 Å². The summed E-state index contributed by atoms with van der Waals surface area (Å²) in [6, 6.07) is 1.79. The predicted octanol–water partition coefficient (Wildman–Crippen LogP) is 2.26. The number of rotatable bonds is 1. The first-order chi connectivity index (χ1) is 9.15. The number of aryl methyl sites for hydroxylation is 1. The van der Waals surface area contributed by atoms with Crippen LogP contribution in [-0.4, -0.2) is 28.5 Å². The SMILES string of the molecule is Cn1cc(N)cc1C(=O)N1CCC2CCCCC2C1. The number of carbonyl (C=O) groups excluding carboxylic acids is 1. The Labute approximate surface area is 114 Å². The molecule has 4 heteroatoms. The summed E-state index contributed by atoms with van der Waals surface area (Å²) in [4.78, 5) is 14.6. The van der Waals surface area contributed by atoms with Crippen molar-refractivity contribution in [3.05, 3.63) is 18.0 Å². The van der Waals surface area contributed by atoms with Crippen LogP contribution in [0.15, 0.2) is 12.3 Å². The van der Waals surface area contributed by atoms with Crippen molar-refractivity contribution in [3.8, 4) is 0 Å². The van der Waals surface area contributed by atoms with Gasteiger partial charge in [0.1, 0.15) is 5.69 Å². The molecule has 2 aliphatic rings. The number of fused-ring (bicyclic) bond motifs is 1. The minimum atomic E-state index is 0.142. The lowest BCUT2D eigenvalue weighted by Gasteiger charge is -2.41. The van der Waals surface area contributed by atoms with Crippen LogP contribution in [-0.2, 0) is 7.05 Å². The number of nitrogen functional groups attached to an aromatic ring is 1. The molecule has 2 heterocycles. The van der Waals surface area contributed by atoms with Crippen molar-refractivity contribution in [1.29, 1.82) is 0 Å². The first-order valence-electron chi connectivity index (χ1n) is 7.36. The zero-order valence-electron chi connectivity index (χ0n) is 11.6. The Morgan fingerprint density at radius 1 is 1.26 bits per heavy atom. The van der Waals surface area contributed by atoms with Gasteiger partial charge >= 0.3 is 0 Å². The van der Waals surface area contributed by atoms with E-state index in [4.69, 9.17) is 5.73 Å². The van der Waals surface area contributed by atoms with Crippen LogP contribution in [0.25, 0.3) is 0 Å². The molecule has 1 saturated carbocycles. The number of aromatic nitrogens is 1. The van der Waals surface area contributed by atoms with E-state index in [-0.39, 0.29) is 5.91 Å². The molecule has 1 saturated heterocycles. The molecule has 0 spiro atoms. The van der Waals surface area contributed by atoms with Gasteiger partial charge in [0.05, 0.1) is 5.69 Å². The first kappa shape index (κ1) is 12.6. The highest BCUT2D eigenvalue weighted by Gasteiger charge is 2.33. The summed E-state index contributed by atoms with van der Waals surface area (Å²) in [5.41, 5.74) is 7.14. The van der Waals surface area contributed by atoms with Crippen molar-refractivity contribution >= 4 is 11.6 Å². The predicted molar refractivity (Wildman–Crippen MR) is 75.8 cm³/mol. The van der Waals surface area contributed by atoms with Crippen molar-refractivity contribution < 1.29 is 4.79 Å². The molecule has 0 radical (unpaired) electrons. The largest absolute Gasteiger partial charge is 0.397 e. The molecule has 4 nitrogen and oxygen atoms in total. The topological polar surface area (TPSA) is 51.3 Å². The maximum absolute atomic E-state index is 12.6. The molecule has 1 amide bonds. The van der Waals surface area contributed by atoms with Crippen molar-refractivity contribution in [2.45, 2.75) is 32.1 Å². The number of hydrogen-bond acceptors (Lipinski definition) is 2. The standard InChI is InChI=1S/C15H23N3O/c1-17-10-13(16)8-14(17)15(19)18-7-6-11-4-2-3-5-12(11)9-18/h8,10-12H,2-7,9,16H2,1H3. The summed E-state index contributed by atoms with van der Waals surface area (Å²) in [6.07, 6.45) is 8.36. The van der Waals surface area contributed by atoms with Crippen molar-refractivity contribution in [2.24, 2.45) is 18.9 Å². The number of likely N-dealkylation sites (tertiary alicyclic amines) is 1. The Bertz CT molecular complexity index is 480. The molecule has 2 atom stereocenters. The molecule has 3 rings (SSSR count). The van der Waals surface area contributed by atoms with Crippen molar-refractivity contribution in [2.75, 3.05) is 18.8 Å². The van der Waals surface area contributed by atoms with E-state index in [1.54, 1.807) is 12.3 Å². The smallest absolute Gasteiger partial charge is 0.270 e. The van der Waals surface area contributed by atoms with Gasteiger partial charge in [-0.25, -0.2) is 0 Å². The average molecular weight is 261 g/mol. The fraction of sp³-hybridized carbons (Fsp3) is 0.667. The molecular formula is C15H23N3O. The maximum Gasteiger partial charge on any atom is 0.270 e. The second-order valence-electron chi connectivity index (χ2n) is 6.11. The second kappa shape index (κ2) is 4.91. The third kappa shape index (κ3) is 2.36.